The Morgan fingerprint density at radius 2 is 1.50 bits per heavy atom. The van der Waals surface area contributed by atoms with Crippen LogP contribution in [-0.4, -0.2) is 34.7 Å². The van der Waals surface area contributed by atoms with E-state index in [4.69, 9.17) is 4.74 Å². The maximum atomic E-state index is 12.6. The lowest BCUT2D eigenvalue weighted by atomic mass is 9.87. The topological polar surface area (TPSA) is 58.6 Å². The third kappa shape index (κ3) is 4.37. The van der Waals surface area contributed by atoms with Crippen molar-refractivity contribution in [1.82, 2.24) is 0 Å². The van der Waals surface area contributed by atoms with Crippen LogP contribution in [0.2, 0.25) is 0 Å². The average Bonchev–Trinajstić information content (AvgIpc) is 2.62. The summed E-state index contributed by atoms with van der Waals surface area (Å²) in [5.41, 5.74) is 2.73. The van der Waals surface area contributed by atoms with Crippen molar-refractivity contribution in [1.29, 1.82) is 0 Å². The first-order valence-corrected chi connectivity index (χ1v) is 10.3. The van der Waals surface area contributed by atoms with Gasteiger partial charge in [-0.05, 0) is 47.4 Å². The summed E-state index contributed by atoms with van der Waals surface area (Å²) < 4.78 is 33.2. The van der Waals surface area contributed by atoms with E-state index in [2.05, 4.69) is 30.4 Å². The molecule has 2 aromatic carbocycles. The summed E-state index contributed by atoms with van der Waals surface area (Å²) in [6.45, 7) is 9.45. The van der Waals surface area contributed by atoms with E-state index in [0.29, 0.717) is 5.69 Å². The van der Waals surface area contributed by atoms with Crippen LogP contribution in [0, 0.1) is 0 Å². The molecule has 6 heteroatoms. The molecule has 1 aliphatic rings. The molecule has 3 rings (SSSR count). The van der Waals surface area contributed by atoms with Crippen LogP contribution in [0.5, 0.6) is 0 Å². The smallest absolute Gasteiger partial charge is 0.261 e. The fourth-order valence-corrected chi connectivity index (χ4v) is 3.97. The van der Waals surface area contributed by atoms with Crippen LogP contribution in [0.25, 0.3) is 0 Å². The molecule has 0 radical (unpaired) electrons. The van der Waals surface area contributed by atoms with Crippen LogP contribution < -0.4 is 9.62 Å². The molecule has 0 unspecified atom stereocenters. The second-order valence-corrected chi connectivity index (χ2v) is 9.21. The number of nitrogens with one attached hydrogen (secondary N) is 1. The van der Waals surface area contributed by atoms with Crippen LogP contribution in [0.15, 0.2) is 53.4 Å². The van der Waals surface area contributed by atoms with E-state index >= 15 is 0 Å². The van der Waals surface area contributed by atoms with Crippen LogP contribution >= 0.6 is 0 Å². The molecule has 0 aliphatic carbocycles. The van der Waals surface area contributed by atoms with Gasteiger partial charge in [0, 0.05) is 24.5 Å². The van der Waals surface area contributed by atoms with E-state index in [0.717, 1.165) is 37.6 Å². The van der Waals surface area contributed by atoms with Crippen molar-refractivity contribution in [2.45, 2.75) is 31.1 Å². The fraction of sp³-hybridized carbons (Fsp3) is 0.400. The van der Waals surface area contributed by atoms with E-state index in [-0.39, 0.29) is 10.3 Å². The maximum Gasteiger partial charge on any atom is 0.261 e. The lowest BCUT2D eigenvalue weighted by Crippen LogP contribution is -2.36. The van der Waals surface area contributed by atoms with Crippen LogP contribution in [0.3, 0.4) is 0 Å². The number of morpholine rings is 1. The summed E-state index contributed by atoms with van der Waals surface area (Å²) in [5, 5.41) is 0. The number of anilines is 2. The van der Waals surface area contributed by atoms with Crippen molar-refractivity contribution < 1.29 is 13.2 Å². The van der Waals surface area contributed by atoms with Gasteiger partial charge in [0.2, 0.25) is 0 Å². The van der Waals surface area contributed by atoms with Crippen molar-refractivity contribution in [3.05, 3.63) is 54.1 Å². The second kappa shape index (κ2) is 7.29. The van der Waals surface area contributed by atoms with Gasteiger partial charge in [-0.15, -0.1) is 0 Å². The molecule has 140 valence electrons. The highest BCUT2D eigenvalue weighted by Crippen LogP contribution is 2.25. The molecule has 0 atom stereocenters. The van der Waals surface area contributed by atoms with Crippen LogP contribution in [-0.2, 0) is 20.2 Å². The Morgan fingerprint density at radius 3 is 2.04 bits per heavy atom. The van der Waals surface area contributed by atoms with E-state index in [1.54, 1.807) is 24.3 Å². The second-order valence-electron chi connectivity index (χ2n) is 7.53. The van der Waals surface area contributed by atoms with Gasteiger partial charge >= 0.3 is 0 Å². The van der Waals surface area contributed by atoms with Gasteiger partial charge in [-0.3, -0.25) is 4.72 Å². The monoisotopic (exact) mass is 374 g/mol. The SMILES string of the molecule is CC(C)(C)c1ccc(S(=O)(=O)Nc2ccc(N3CCOCC3)cc2)cc1. The predicted molar refractivity (Wildman–Crippen MR) is 105 cm³/mol. The third-order valence-electron chi connectivity index (χ3n) is 4.53. The zero-order chi connectivity index (χ0) is 18.8. The predicted octanol–water partition coefficient (Wildman–Crippen LogP) is 3.62. The molecular formula is C20H26N2O3S. The molecule has 0 spiro atoms. The molecule has 1 aliphatic heterocycles. The summed E-state index contributed by atoms with van der Waals surface area (Å²) >= 11 is 0. The Bertz CT molecular complexity index is 832. The molecule has 0 amide bonds. The van der Waals surface area contributed by atoms with Crippen LogP contribution in [0.4, 0.5) is 11.4 Å². The highest BCUT2D eigenvalue weighted by Gasteiger charge is 2.18. The molecular weight excluding hydrogens is 348 g/mol. The number of hydrogen-bond donors (Lipinski definition) is 1. The Balaban J connectivity index is 1.72. The van der Waals surface area contributed by atoms with Gasteiger partial charge in [0.05, 0.1) is 18.1 Å². The number of rotatable bonds is 4. The summed E-state index contributed by atoms with van der Waals surface area (Å²) in [7, 11) is -3.60. The van der Waals surface area contributed by atoms with E-state index < -0.39 is 10.0 Å². The summed E-state index contributed by atoms with van der Waals surface area (Å²) in [6, 6.07) is 14.5. The third-order valence-corrected chi connectivity index (χ3v) is 5.92. The van der Waals surface area contributed by atoms with E-state index in [1.165, 1.54) is 0 Å². The van der Waals surface area contributed by atoms with E-state index in [1.807, 2.05) is 24.3 Å². The Kier molecular flexibility index (Phi) is 5.25. The largest absolute Gasteiger partial charge is 0.378 e. The Morgan fingerprint density at radius 1 is 0.923 bits per heavy atom. The lowest BCUT2D eigenvalue weighted by Gasteiger charge is -2.28. The number of nitrogens with zero attached hydrogens (tertiary/aromatic N) is 1. The molecule has 1 heterocycles. The molecule has 5 nitrogen and oxygen atoms in total. The van der Waals surface area contributed by atoms with Gasteiger partial charge in [-0.1, -0.05) is 32.9 Å². The highest BCUT2D eigenvalue weighted by molar-refractivity contribution is 7.92. The van der Waals surface area contributed by atoms with Gasteiger partial charge in [0.25, 0.3) is 10.0 Å². The first-order chi connectivity index (χ1) is 12.3. The molecule has 0 saturated carbocycles. The zero-order valence-electron chi connectivity index (χ0n) is 15.5. The standard InChI is InChI=1S/C20H26N2O3S/c1-20(2,3)16-4-10-19(11-5-16)26(23,24)21-17-6-8-18(9-7-17)22-12-14-25-15-13-22/h4-11,21H,12-15H2,1-3H3. The number of sulfonamides is 1. The molecule has 1 fully saturated rings. The van der Waals surface area contributed by atoms with Gasteiger partial charge in [0.15, 0.2) is 0 Å². The summed E-state index contributed by atoms with van der Waals surface area (Å²) in [4.78, 5) is 2.50. The minimum atomic E-state index is -3.60. The minimum absolute atomic E-state index is 0.00889. The average molecular weight is 375 g/mol. The van der Waals surface area contributed by atoms with Crippen molar-refractivity contribution >= 4 is 21.4 Å². The minimum Gasteiger partial charge on any atom is -0.378 e. The number of benzene rings is 2. The van der Waals surface area contributed by atoms with Gasteiger partial charge in [-0.25, -0.2) is 8.42 Å². The molecule has 1 saturated heterocycles. The van der Waals surface area contributed by atoms with Crippen molar-refractivity contribution in [3.63, 3.8) is 0 Å². The molecule has 1 N–H and O–H groups in total. The summed E-state index contributed by atoms with van der Waals surface area (Å²) in [6.07, 6.45) is 0. The molecule has 0 bridgehead atoms. The van der Waals surface area contributed by atoms with Gasteiger partial charge in [-0.2, -0.15) is 0 Å². The van der Waals surface area contributed by atoms with Crippen LogP contribution in [0.1, 0.15) is 26.3 Å². The quantitative estimate of drug-likeness (QED) is 0.888. The maximum absolute atomic E-state index is 12.6. The number of ether oxygens (including phenoxy) is 1. The highest BCUT2D eigenvalue weighted by atomic mass is 32.2. The molecule has 2 aromatic rings. The normalized spacial score (nSPS) is 15.7. The van der Waals surface area contributed by atoms with Gasteiger partial charge in [0.1, 0.15) is 0 Å². The summed E-state index contributed by atoms with van der Waals surface area (Å²) in [5.74, 6) is 0. The first kappa shape index (κ1) is 18.7. The Labute approximate surface area is 156 Å². The van der Waals surface area contributed by atoms with Gasteiger partial charge < -0.3 is 9.64 Å². The lowest BCUT2D eigenvalue weighted by molar-refractivity contribution is 0.122. The first-order valence-electron chi connectivity index (χ1n) is 8.82. The van der Waals surface area contributed by atoms with Crippen molar-refractivity contribution in [3.8, 4) is 0 Å². The van der Waals surface area contributed by atoms with Crippen molar-refractivity contribution in [2.75, 3.05) is 35.9 Å². The molecule has 26 heavy (non-hydrogen) atoms. The van der Waals surface area contributed by atoms with E-state index in [9.17, 15) is 8.42 Å². The fourth-order valence-electron chi connectivity index (χ4n) is 2.91. The number of hydrogen-bond acceptors (Lipinski definition) is 4. The molecule has 0 aromatic heterocycles. The Hall–Kier alpha value is -2.05. The van der Waals surface area contributed by atoms with Crippen molar-refractivity contribution in [2.24, 2.45) is 0 Å². The zero-order valence-corrected chi connectivity index (χ0v) is 16.3.